The first-order valence-corrected chi connectivity index (χ1v) is 14.3. The summed E-state index contributed by atoms with van der Waals surface area (Å²) < 4.78 is 1.89. The van der Waals surface area contributed by atoms with E-state index >= 15 is 0 Å². The van der Waals surface area contributed by atoms with Crippen LogP contribution in [0.25, 0.3) is 11.0 Å². The summed E-state index contributed by atoms with van der Waals surface area (Å²) in [5.41, 5.74) is 2.07. The quantitative estimate of drug-likeness (QED) is 0.356. The molecule has 0 amide bonds. The van der Waals surface area contributed by atoms with Gasteiger partial charge in [0.25, 0.3) is 0 Å². The van der Waals surface area contributed by atoms with Crippen molar-refractivity contribution in [3.8, 4) is 0 Å². The Hall–Kier alpha value is -3.24. The number of hydrogen-bond acceptors (Lipinski definition) is 8. The first kappa shape index (κ1) is 28.8. The van der Waals surface area contributed by atoms with Crippen LogP contribution >= 0.6 is 0 Å². The summed E-state index contributed by atoms with van der Waals surface area (Å²) in [7, 11) is 3.75. The van der Waals surface area contributed by atoms with Gasteiger partial charge >= 0.3 is 5.97 Å². The molecule has 0 atom stereocenters. The smallest absolute Gasteiger partial charge is 0.352 e. The highest BCUT2D eigenvalue weighted by molar-refractivity contribution is 5.93. The van der Waals surface area contributed by atoms with Crippen LogP contribution < -0.4 is 15.5 Å². The van der Waals surface area contributed by atoms with Crippen LogP contribution in [0.3, 0.4) is 0 Å². The van der Waals surface area contributed by atoms with E-state index in [1.54, 1.807) is 12.3 Å². The average molecular weight is 537 g/mol. The second-order valence-corrected chi connectivity index (χ2v) is 11.0. The van der Waals surface area contributed by atoms with Crippen LogP contribution in [0.5, 0.6) is 0 Å². The third-order valence-electron chi connectivity index (χ3n) is 7.47. The number of aromatic nitrogens is 4. The third-order valence-corrected chi connectivity index (χ3v) is 7.47. The molecule has 10 heteroatoms. The van der Waals surface area contributed by atoms with Crippen LogP contribution in [0.1, 0.15) is 68.9 Å². The molecule has 0 bridgehead atoms. The fraction of sp³-hybridized carbons (Fsp3) is 0.586. The van der Waals surface area contributed by atoms with Gasteiger partial charge in [0.15, 0.2) is 0 Å². The summed E-state index contributed by atoms with van der Waals surface area (Å²) in [5, 5.41) is 16.4. The molecule has 5 rings (SSSR count). The summed E-state index contributed by atoms with van der Waals surface area (Å²) in [6.45, 7) is 9.97. The fourth-order valence-corrected chi connectivity index (χ4v) is 5.48. The molecule has 212 valence electrons. The Bertz CT molecular complexity index is 1200. The average Bonchev–Trinajstić information content (AvgIpc) is 3.58. The molecule has 3 aromatic rings. The monoisotopic (exact) mass is 536 g/mol. The van der Waals surface area contributed by atoms with E-state index in [0.717, 1.165) is 68.9 Å². The van der Waals surface area contributed by atoms with Gasteiger partial charge in [-0.15, -0.1) is 0 Å². The van der Waals surface area contributed by atoms with Gasteiger partial charge in [0.2, 0.25) is 5.95 Å². The highest BCUT2D eigenvalue weighted by Gasteiger charge is 2.25. The second-order valence-electron chi connectivity index (χ2n) is 11.0. The summed E-state index contributed by atoms with van der Waals surface area (Å²) >= 11 is 0. The van der Waals surface area contributed by atoms with Crippen LogP contribution in [0.2, 0.25) is 0 Å². The molecule has 4 heterocycles. The molecule has 2 aliphatic rings. The molecule has 10 nitrogen and oxygen atoms in total. The lowest BCUT2D eigenvalue weighted by Crippen LogP contribution is -2.46. The standard InChI is InChI=1S/C27H37N7O2.C2H7N/c1-19(2)6-5-11-32-12-14-33(15-13-32)22-9-10-24(28-18-22)30-27-29-17-20-16-23(26(35)36)34(25(20)31-27)21-7-3-4-8-21;1-3-2/h9-10,16-19,21H,3-8,11-15H2,1-2H3,(H,35,36)(H,28,29,30,31);3H,1-2H3. The SMILES string of the molecule is CC(C)CCCN1CCN(c2ccc(Nc3ncc4cc(C(=O)O)n(C5CCCC5)c4n3)nc2)CC1.CNC. The molecule has 1 aliphatic heterocycles. The highest BCUT2D eigenvalue weighted by atomic mass is 16.4. The first-order chi connectivity index (χ1) is 18.9. The molecule has 39 heavy (non-hydrogen) atoms. The molecule has 0 radical (unpaired) electrons. The van der Waals surface area contributed by atoms with Crippen LogP contribution in [0, 0.1) is 5.92 Å². The molecular formula is C29H44N8O2. The number of pyridine rings is 1. The minimum atomic E-state index is -0.928. The van der Waals surface area contributed by atoms with Crippen molar-refractivity contribution in [1.29, 1.82) is 0 Å². The van der Waals surface area contributed by atoms with Crippen molar-refractivity contribution in [2.75, 3.05) is 57.0 Å². The predicted octanol–water partition coefficient (Wildman–Crippen LogP) is 4.78. The van der Waals surface area contributed by atoms with Crippen LogP contribution in [-0.4, -0.2) is 82.3 Å². The van der Waals surface area contributed by atoms with Gasteiger partial charge in [-0.3, -0.25) is 4.90 Å². The van der Waals surface area contributed by atoms with E-state index in [2.05, 4.69) is 50.3 Å². The minimum Gasteiger partial charge on any atom is -0.477 e. The molecule has 0 unspecified atom stereocenters. The van der Waals surface area contributed by atoms with Gasteiger partial charge < -0.3 is 25.2 Å². The lowest BCUT2D eigenvalue weighted by atomic mass is 10.1. The maximum absolute atomic E-state index is 11.9. The molecule has 2 fully saturated rings. The van der Waals surface area contributed by atoms with Gasteiger partial charge in [-0.05, 0) is 70.4 Å². The number of aromatic carboxylic acids is 1. The topological polar surface area (TPSA) is 111 Å². The largest absolute Gasteiger partial charge is 0.477 e. The van der Waals surface area contributed by atoms with Gasteiger partial charge in [-0.25, -0.2) is 14.8 Å². The number of carboxylic acid groups (broad SMARTS) is 1. The lowest BCUT2D eigenvalue weighted by molar-refractivity contribution is 0.0683. The predicted molar refractivity (Wildman–Crippen MR) is 157 cm³/mol. The number of piperazine rings is 1. The van der Waals surface area contributed by atoms with Crippen LogP contribution in [0.15, 0.2) is 30.6 Å². The first-order valence-electron chi connectivity index (χ1n) is 14.3. The fourth-order valence-electron chi connectivity index (χ4n) is 5.48. The van der Waals surface area contributed by atoms with E-state index in [0.29, 0.717) is 17.4 Å². The van der Waals surface area contributed by atoms with Gasteiger partial charge in [0.1, 0.15) is 17.2 Å². The van der Waals surface area contributed by atoms with Crippen molar-refractivity contribution < 1.29 is 9.90 Å². The third kappa shape index (κ3) is 7.45. The number of carboxylic acids is 1. The molecule has 0 spiro atoms. The molecular weight excluding hydrogens is 492 g/mol. The van der Waals surface area contributed by atoms with Gasteiger partial charge in [-0.1, -0.05) is 26.7 Å². The van der Waals surface area contributed by atoms with Crippen molar-refractivity contribution in [1.82, 2.24) is 29.7 Å². The molecule has 3 aromatic heterocycles. The molecule has 0 aromatic carbocycles. The number of nitrogens with zero attached hydrogens (tertiary/aromatic N) is 6. The van der Waals surface area contributed by atoms with Crippen molar-refractivity contribution in [3.63, 3.8) is 0 Å². The Labute approximate surface area is 231 Å². The van der Waals surface area contributed by atoms with E-state index in [1.807, 2.05) is 30.9 Å². The van der Waals surface area contributed by atoms with Crippen molar-refractivity contribution >= 4 is 34.5 Å². The number of nitrogens with one attached hydrogen (secondary N) is 2. The zero-order valence-corrected chi connectivity index (χ0v) is 23.9. The van der Waals surface area contributed by atoms with Crippen LogP contribution in [0.4, 0.5) is 17.5 Å². The zero-order valence-electron chi connectivity index (χ0n) is 23.9. The maximum Gasteiger partial charge on any atom is 0.352 e. The van der Waals surface area contributed by atoms with Crippen molar-refractivity contribution in [3.05, 3.63) is 36.3 Å². The number of rotatable bonds is 9. The molecule has 3 N–H and O–H groups in total. The summed E-state index contributed by atoms with van der Waals surface area (Å²) in [6.07, 6.45) is 10.3. The Kier molecular flexibility index (Phi) is 10.1. The summed E-state index contributed by atoms with van der Waals surface area (Å²) in [6, 6.07) is 5.89. The Morgan fingerprint density at radius 3 is 2.41 bits per heavy atom. The maximum atomic E-state index is 11.9. The summed E-state index contributed by atoms with van der Waals surface area (Å²) in [4.78, 5) is 30.5. The van der Waals surface area contributed by atoms with E-state index in [1.165, 1.54) is 19.4 Å². The molecule has 1 saturated heterocycles. The molecule has 1 saturated carbocycles. The van der Waals surface area contributed by atoms with E-state index in [4.69, 9.17) is 4.98 Å². The van der Waals surface area contributed by atoms with Crippen LogP contribution in [-0.2, 0) is 0 Å². The van der Waals surface area contributed by atoms with Gasteiger partial charge in [0, 0.05) is 43.8 Å². The Morgan fingerprint density at radius 2 is 1.79 bits per heavy atom. The van der Waals surface area contributed by atoms with E-state index in [-0.39, 0.29) is 11.7 Å². The van der Waals surface area contributed by atoms with E-state index < -0.39 is 5.97 Å². The summed E-state index contributed by atoms with van der Waals surface area (Å²) in [5.74, 6) is 0.940. The molecule has 1 aliphatic carbocycles. The lowest BCUT2D eigenvalue weighted by Gasteiger charge is -2.36. The van der Waals surface area contributed by atoms with Crippen molar-refractivity contribution in [2.24, 2.45) is 5.92 Å². The van der Waals surface area contributed by atoms with Gasteiger partial charge in [-0.2, -0.15) is 4.98 Å². The Balaban J connectivity index is 0.00000112. The zero-order chi connectivity index (χ0) is 27.8. The highest BCUT2D eigenvalue weighted by Crippen LogP contribution is 2.34. The van der Waals surface area contributed by atoms with E-state index in [9.17, 15) is 9.90 Å². The number of carbonyl (C=O) groups is 1. The number of fused-ring (bicyclic) bond motifs is 1. The normalized spacial score (nSPS) is 16.5. The second kappa shape index (κ2) is 13.7. The minimum absolute atomic E-state index is 0.171. The Morgan fingerprint density at radius 1 is 1.08 bits per heavy atom. The van der Waals surface area contributed by atoms with Crippen molar-refractivity contribution in [2.45, 2.75) is 58.4 Å². The van der Waals surface area contributed by atoms with Gasteiger partial charge in [0.05, 0.1) is 11.9 Å². The number of hydrogen-bond donors (Lipinski definition) is 3. The number of anilines is 3.